The maximum absolute atomic E-state index is 12.0. The number of hydrogen-bond acceptors (Lipinski definition) is 2. The molecular formula is C12H12Br2N2O3. The number of aliphatic carboxylic acids is 1. The topological polar surface area (TPSA) is 69.6 Å². The van der Waals surface area contributed by atoms with Gasteiger partial charge < -0.3 is 15.3 Å². The number of nitrogens with zero attached hydrogens (tertiary/aromatic N) is 1. The minimum Gasteiger partial charge on any atom is -0.481 e. The highest BCUT2D eigenvalue weighted by molar-refractivity contribution is 9.11. The van der Waals surface area contributed by atoms with Gasteiger partial charge in [0, 0.05) is 22.0 Å². The average Bonchev–Trinajstić information content (AvgIpc) is 2.82. The zero-order chi connectivity index (χ0) is 14.0. The summed E-state index contributed by atoms with van der Waals surface area (Å²) in [6.45, 7) is 0.728. The van der Waals surface area contributed by atoms with Crippen LogP contribution >= 0.6 is 31.9 Å². The number of nitrogens with one attached hydrogen (secondary N) is 1. The van der Waals surface area contributed by atoms with E-state index in [1.807, 2.05) is 12.1 Å². The average molecular weight is 392 g/mol. The van der Waals surface area contributed by atoms with E-state index in [1.165, 1.54) is 4.90 Å². The first kappa shape index (κ1) is 14.3. The Hall–Kier alpha value is -1.08. The van der Waals surface area contributed by atoms with Crippen LogP contribution in [0.25, 0.3) is 0 Å². The lowest BCUT2D eigenvalue weighted by Gasteiger charge is -2.17. The van der Waals surface area contributed by atoms with Gasteiger partial charge >= 0.3 is 12.0 Å². The molecule has 5 nitrogen and oxygen atoms in total. The molecule has 7 heteroatoms. The maximum atomic E-state index is 12.0. The first-order chi connectivity index (χ1) is 8.97. The van der Waals surface area contributed by atoms with Gasteiger partial charge in [-0.3, -0.25) is 4.79 Å². The summed E-state index contributed by atoms with van der Waals surface area (Å²) in [6, 6.07) is 5.16. The van der Waals surface area contributed by atoms with Crippen molar-refractivity contribution in [3.63, 3.8) is 0 Å². The normalized spacial score (nSPS) is 18.4. The van der Waals surface area contributed by atoms with Crippen LogP contribution < -0.4 is 5.32 Å². The van der Waals surface area contributed by atoms with E-state index in [1.54, 1.807) is 6.07 Å². The zero-order valence-electron chi connectivity index (χ0n) is 9.90. The molecule has 1 heterocycles. The van der Waals surface area contributed by atoms with E-state index in [4.69, 9.17) is 5.11 Å². The molecule has 0 aromatic heterocycles. The fourth-order valence-corrected chi connectivity index (χ4v) is 3.08. The van der Waals surface area contributed by atoms with Gasteiger partial charge in [-0.15, -0.1) is 0 Å². The van der Waals surface area contributed by atoms with Crippen molar-refractivity contribution < 1.29 is 14.7 Å². The van der Waals surface area contributed by atoms with Crippen molar-refractivity contribution in [2.75, 3.05) is 18.4 Å². The molecule has 0 aliphatic carbocycles. The van der Waals surface area contributed by atoms with Crippen molar-refractivity contribution in [1.82, 2.24) is 4.90 Å². The number of hydrogen-bond donors (Lipinski definition) is 2. The van der Waals surface area contributed by atoms with E-state index < -0.39 is 11.9 Å². The van der Waals surface area contributed by atoms with Crippen LogP contribution in [-0.2, 0) is 4.79 Å². The van der Waals surface area contributed by atoms with Crippen LogP contribution in [0.15, 0.2) is 27.1 Å². The van der Waals surface area contributed by atoms with Gasteiger partial charge in [0.1, 0.15) is 0 Å². The first-order valence-corrected chi connectivity index (χ1v) is 7.30. The fraction of sp³-hybridized carbons (Fsp3) is 0.333. The molecule has 1 aromatic rings. The third-order valence-electron chi connectivity index (χ3n) is 3.00. The van der Waals surface area contributed by atoms with Gasteiger partial charge in [0.2, 0.25) is 0 Å². The van der Waals surface area contributed by atoms with Crippen LogP contribution in [0.3, 0.4) is 0 Å². The molecule has 0 spiro atoms. The summed E-state index contributed by atoms with van der Waals surface area (Å²) in [5.41, 5.74) is 0.659. The number of anilines is 1. The van der Waals surface area contributed by atoms with Crippen LogP contribution in [0.1, 0.15) is 6.42 Å². The quantitative estimate of drug-likeness (QED) is 0.813. The summed E-state index contributed by atoms with van der Waals surface area (Å²) in [4.78, 5) is 24.4. The molecule has 2 rings (SSSR count). The van der Waals surface area contributed by atoms with Gasteiger partial charge in [-0.05, 0) is 40.5 Å². The van der Waals surface area contributed by atoms with Crippen molar-refractivity contribution in [2.45, 2.75) is 6.42 Å². The summed E-state index contributed by atoms with van der Waals surface area (Å²) < 4.78 is 1.67. The van der Waals surface area contributed by atoms with Gasteiger partial charge in [-0.1, -0.05) is 15.9 Å². The fourth-order valence-electron chi connectivity index (χ4n) is 1.93. The number of amides is 2. The van der Waals surface area contributed by atoms with E-state index in [0.717, 1.165) is 8.95 Å². The van der Waals surface area contributed by atoms with E-state index in [9.17, 15) is 9.59 Å². The molecule has 0 saturated carbocycles. The van der Waals surface area contributed by atoms with Gasteiger partial charge in [-0.25, -0.2) is 4.79 Å². The molecular weight excluding hydrogens is 380 g/mol. The van der Waals surface area contributed by atoms with Crippen LogP contribution in [0, 0.1) is 5.92 Å². The van der Waals surface area contributed by atoms with E-state index >= 15 is 0 Å². The minimum absolute atomic E-state index is 0.259. The summed E-state index contributed by atoms with van der Waals surface area (Å²) in [5, 5.41) is 11.7. The molecule has 19 heavy (non-hydrogen) atoms. The number of carbonyl (C=O) groups is 2. The smallest absolute Gasteiger partial charge is 0.321 e. The number of carboxylic acids is 1. The van der Waals surface area contributed by atoms with Crippen molar-refractivity contribution >= 4 is 49.5 Å². The Bertz CT molecular complexity index is 522. The standard InChI is InChI=1S/C12H12Br2N2O3/c13-8-1-2-10(9(14)5-8)15-12(19)16-4-3-7(6-16)11(17)18/h1-2,5,7H,3-4,6H2,(H,15,19)(H,17,18). The molecule has 102 valence electrons. The monoisotopic (exact) mass is 390 g/mol. The van der Waals surface area contributed by atoms with Crippen LogP contribution in [-0.4, -0.2) is 35.1 Å². The van der Waals surface area contributed by atoms with Crippen LogP contribution in [0.5, 0.6) is 0 Å². The van der Waals surface area contributed by atoms with E-state index in [2.05, 4.69) is 37.2 Å². The second kappa shape index (κ2) is 5.92. The number of carbonyl (C=O) groups excluding carboxylic acids is 1. The largest absolute Gasteiger partial charge is 0.481 e. The third kappa shape index (κ3) is 3.48. The second-order valence-corrected chi connectivity index (χ2v) is 6.09. The number of rotatable bonds is 2. The molecule has 2 N–H and O–H groups in total. The Labute approximate surface area is 127 Å². The van der Waals surface area contributed by atoms with Crippen LogP contribution in [0.4, 0.5) is 10.5 Å². The van der Waals surface area contributed by atoms with Crippen molar-refractivity contribution in [2.24, 2.45) is 5.92 Å². The molecule has 1 unspecified atom stereocenters. The lowest BCUT2D eigenvalue weighted by Crippen LogP contribution is -2.33. The molecule has 1 fully saturated rings. The summed E-state index contributed by atoms with van der Waals surface area (Å²) in [5.74, 6) is -1.31. The molecule has 1 aliphatic rings. The molecule has 1 aliphatic heterocycles. The predicted octanol–water partition coefficient (Wildman–Crippen LogP) is 3.15. The van der Waals surface area contributed by atoms with Crippen molar-refractivity contribution in [3.8, 4) is 0 Å². The van der Waals surface area contributed by atoms with E-state index in [0.29, 0.717) is 18.7 Å². The van der Waals surface area contributed by atoms with Gasteiger partial charge in [0.15, 0.2) is 0 Å². The Morgan fingerprint density at radius 1 is 1.37 bits per heavy atom. The predicted molar refractivity (Wildman–Crippen MR) is 78.2 cm³/mol. The lowest BCUT2D eigenvalue weighted by atomic mass is 10.1. The first-order valence-electron chi connectivity index (χ1n) is 5.71. The number of halogens is 2. The third-order valence-corrected chi connectivity index (χ3v) is 4.15. The van der Waals surface area contributed by atoms with Crippen molar-refractivity contribution in [1.29, 1.82) is 0 Å². The van der Waals surface area contributed by atoms with Gasteiger partial charge in [0.05, 0.1) is 11.6 Å². The van der Waals surface area contributed by atoms with Gasteiger partial charge in [-0.2, -0.15) is 0 Å². The minimum atomic E-state index is -0.847. The highest BCUT2D eigenvalue weighted by Gasteiger charge is 2.30. The number of benzene rings is 1. The molecule has 0 bridgehead atoms. The SMILES string of the molecule is O=C(O)C1CCN(C(=O)Nc2ccc(Br)cc2Br)C1. The Morgan fingerprint density at radius 3 is 2.68 bits per heavy atom. The number of urea groups is 1. The van der Waals surface area contributed by atoms with E-state index in [-0.39, 0.29) is 12.6 Å². The lowest BCUT2D eigenvalue weighted by molar-refractivity contribution is -0.141. The zero-order valence-corrected chi connectivity index (χ0v) is 13.1. The highest BCUT2D eigenvalue weighted by atomic mass is 79.9. The Kier molecular flexibility index (Phi) is 4.46. The molecule has 1 atom stereocenters. The van der Waals surface area contributed by atoms with Crippen LogP contribution in [0.2, 0.25) is 0 Å². The maximum Gasteiger partial charge on any atom is 0.321 e. The molecule has 1 aromatic carbocycles. The molecule has 0 radical (unpaired) electrons. The highest BCUT2D eigenvalue weighted by Crippen LogP contribution is 2.27. The number of carboxylic acid groups (broad SMARTS) is 1. The Morgan fingerprint density at radius 2 is 2.11 bits per heavy atom. The summed E-state index contributed by atoms with van der Waals surface area (Å²) in [7, 11) is 0. The molecule has 2 amide bonds. The number of likely N-dealkylation sites (tertiary alicyclic amines) is 1. The second-order valence-electron chi connectivity index (χ2n) is 4.32. The summed E-state index contributed by atoms with van der Waals surface area (Å²) in [6.07, 6.45) is 0.504. The Balaban J connectivity index is 2.00. The van der Waals surface area contributed by atoms with Crippen molar-refractivity contribution in [3.05, 3.63) is 27.1 Å². The summed E-state index contributed by atoms with van der Waals surface area (Å²) >= 11 is 6.70. The van der Waals surface area contributed by atoms with Gasteiger partial charge in [0.25, 0.3) is 0 Å². The molecule has 1 saturated heterocycles.